The van der Waals surface area contributed by atoms with Gasteiger partial charge in [-0.3, -0.25) is 9.69 Å². The SMILES string of the molecule is COc1cc2[nH]c(N(C)Cc3cccc(CN4CCCC4)c3)nc(=O)c2c(C)c1OC. The smallest absolute Gasteiger partial charge is 0.282 e. The molecule has 0 radical (unpaired) electrons. The van der Waals surface area contributed by atoms with Gasteiger partial charge >= 0.3 is 0 Å². The van der Waals surface area contributed by atoms with Crippen LogP contribution in [0.15, 0.2) is 35.1 Å². The van der Waals surface area contributed by atoms with Crippen molar-refractivity contribution in [3.8, 4) is 11.5 Å². The van der Waals surface area contributed by atoms with Gasteiger partial charge in [0.2, 0.25) is 5.95 Å². The molecule has 164 valence electrons. The van der Waals surface area contributed by atoms with E-state index in [2.05, 4.69) is 39.1 Å². The molecule has 31 heavy (non-hydrogen) atoms. The number of fused-ring (bicyclic) bond motifs is 1. The molecule has 0 atom stereocenters. The Labute approximate surface area is 182 Å². The summed E-state index contributed by atoms with van der Waals surface area (Å²) in [6.07, 6.45) is 2.58. The molecule has 1 fully saturated rings. The number of hydrogen-bond acceptors (Lipinski definition) is 6. The molecule has 0 amide bonds. The fourth-order valence-electron chi connectivity index (χ4n) is 4.40. The second-order valence-corrected chi connectivity index (χ2v) is 8.18. The maximum atomic E-state index is 12.8. The Hall–Kier alpha value is -3.06. The van der Waals surface area contributed by atoms with Crippen LogP contribution in [0.4, 0.5) is 5.95 Å². The van der Waals surface area contributed by atoms with Crippen molar-refractivity contribution in [2.75, 3.05) is 39.3 Å². The van der Waals surface area contributed by atoms with E-state index < -0.39 is 0 Å². The minimum absolute atomic E-state index is 0.281. The van der Waals surface area contributed by atoms with Crippen LogP contribution in [0.3, 0.4) is 0 Å². The molecule has 0 saturated carbocycles. The van der Waals surface area contributed by atoms with Gasteiger partial charge in [-0.1, -0.05) is 24.3 Å². The number of nitrogens with zero attached hydrogens (tertiary/aromatic N) is 3. The lowest BCUT2D eigenvalue weighted by atomic mass is 10.1. The fraction of sp³-hybridized carbons (Fsp3) is 0.417. The predicted octanol–water partition coefficient (Wildman–Crippen LogP) is 3.48. The van der Waals surface area contributed by atoms with Gasteiger partial charge in [0.15, 0.2) is 11.5 Å². The second kappa shape index (κ2) is 8.98. The molecule has 7 heteroatoms. The first-order valence-electron chi connectivity index (χ1n) is 10.7. The van der Waals surface area contributed by atoms with Gasteiger partial charge in [0.05, 0.1) is 25.1 Å². The zero-order chi connectivity index (χ0) is 22.0. The summed E-state index contributed by atoms with van der Waals surface area (Å²) in [4.78, 5) is 24.9. The molecule has 1 aromatic heterocycles. The molecule has 1 N–H and O–H groups in total. The monoisotopic (exact) mass is 422 g/mol. The molecule has 0 spiro atoms. The molecule has 4 rings (SSSR count). The number of ether oxygens (including phenoxy) is 2. The highest BCUT2D eigenvalue weighted by molar-refractivity contribution is 5.86. The van der Waals surface area contributed by atoms with E-state index in [0.717, 1.165) is 12.1 Å². The van der Waals surface area contributed by atoms with Crippen LogP contribution in [0.25, 0.3) is 10.9 Å². The van der Waals surface area contributed by atoms with Crippen molar-refractivity contribution in [2.45, 2.75) is 32.9 Å². The number of nitrogens with one attached hydrogen (secondary N) is 1. The van der Waals surface area contributed by atoms with Crippen LogP contribution in [0.5, 0.6) is 11.5 Å². The van der Waals surface area contributed by atoms with E-state index in [1.807, 2.05) is 18.9 Å². The van der Waals surface area contributed by atoms with Crippen molar-refractivity contribution in [3.05, 3.63) is 57.4 Å². The Balaban J connectivity index is 1.60. The highest BCUT2D eigenvalue weighted by Gasteiger charge is 2.17. The van der Waals surface area contributed by atoms with E-state index in [9.17, 15) is 4.79 Å². The van der Waals surface area contributed by atoms with E-state index in [1.54, 1.807) is 20.3 Å². The number of methoxy groups -OCH3 is 2. The van der Waals surface area contributed by atoms with Gasteiger partial charge in [0, 0.05) is 31.8 Å². The molecule has 2 heterocycles. The van der Waals surface area contributed by atoms with Gasteiger partial charge < -0.3 is 19.4 Å². The maximum Gasteiger partial charge on any atom is 0.282 e. The van der Waals surface area contributed by atoms with E-state index in [1.165, 1.54) is 37.1 Å². The molecule has 2 aromatic carbocycles. The molecule has 0 unspecified atom stereocenters. The number of anilines is 1. The number of hydrogen-bond donors (Lipinski definition) is 1. The number of aromatic amines is 1. The summed E-state index contributed by atoms with van der Waals surface area (Å²) in [5, 5.41) is 0.516. The summed E-state index contributed by atoms with van der Waals surface area (Å²) in [6, 6.07) is 10.4. The van der Waals surface area contributed by atoms with Crippen LogP contribution < -0.4 is 19.9 Å². The summed E-state index contributed by atoms with van der Waals surface area (Å²) in [5.74, 6) is 1.66. The largest absolute Gasteiger partial charge is 0.493 e. The van der Waals surface area contributed by atoms with Crippen molar-refractivity contribution in [1.82, 2.24) is 14.9 Å². The first kappa shape index (κ1) is 21.2. The van der Waals surface area contributed by atoms with Crippen LogP contribution in [-0.2, 0) is 13.1 Å². The average molecular weight is 423 g/mol. The number of H-pyrrole nitrogens is 1. The molecular formula is C24H30N4O3. The number of rotatable bonds is 7. The quantitative estimate of drug-likeness (QED) is 0.629. The first-order valence-corrected chi connectivity index (χ1v) is 10.7. The summed E-state index contributed by atoms with van der Waals surface area (Å²) in [5.41, 5.74) is 3.62. The Kier molecular flexibility index (Phi) is 6.13. The van der Waals surface area contributed by atoms with Crippen molar-refractivity contribution in [3.63, 3.8) is 0 Å². The molecule has 1 saturated heterocycles. The van der Waals surface area contributed by atoms with Crippen molar-refractivity contribution >= 4 is 16.9 Å². The van der Waals surface area contributed by atoms with Crippen LogP contribution in [0.1, 0.15) is 29.5 Å². The first-order chi connectivity index (χ1) is 15.0. The third kappa shape index (κ3) is 4.37. The molecule has 1 aliphatic rings. The van der Waals surface area contributed by atoms with Crippen molar-refractivity contribution < 1.29 is 9.47 Å². The molecule has 7 nitrogen and oxygen atoms in total. The lowest BCUT2D eigenvalue weighted by molar-refractivity contribution is 0.331. The lowest BCUT2D eigenvalue weighted by Gasteiger charge is -2.20. The summed E-state index contributed by atoms with van der Waals surface area (Å²) >= 11 is 0. The third-order valence-corrected chi connectivity index (χ3v) is 5.95. The molecule has 1 aliphatic heterocycles. The van der Waals surface area contributed by atoms with Gasteiger partial charge in [0.1, 0.15) is 0 Å². The van der Waals surface area contributed by atoms with E-state index in [0.29, 0.717) is 34.9 Å². The van der Waals surface area contributed by atoms with Crippen LogP contribution >= 0.6 is 0 Å². The Bertz CT molecular complexity index is 1140. The fourth-order valence-corrected chi connectivity index (χ4v) is 4.40. The average Bonchev–Trinajstić information content (AvgIpc) is 3.26. The number of aryl methyl sites for hydroxylation is 1. The van der Waals surface area contributed by atoms with Crippen LogP contribution in [-0.4, -0.2) is 49.2 Å². The minimum Gasteiger partial charge on any atom is -0.493 e. The van der Waals surface area contributed by atoms with Crippen molar-refractivity contribution in [1.29, 1.82) is 0 Å². The van der Waals surface area contributed by atoms with Gasteiger partial charge in [-0.15, -0.1) is 0 Å². The number of aromatic nitrogens is 2. The number of likely N-dealkylation sites (tertiary alicyclic amines) is 1. The van der Waals surface area contributed by atoms with Crippen LogP contribution in [0, 0.1) is 6.92 Å². The molecule has 3 aromatic rings. The molecule has 0 aliphatic carbocycles. The minimum atomic E-state index is -0.281. The Morgan fingerprint density at radius 1 is 1.13 bits per heavy atom. The predicted molar refractivity (Wildman–Crippen MR) is 123 cm³/mol. The molecule has 0 bridgehead atoms. The third-order valence-electron chi connectivity index (χ3n) is 5.95. The summed E-state index contributed by atoms with van der Waals surface area (Å²) in [6.45, 7) is 5.84. The molecular weight excluding hydrogens is 392 g/mol. The normalized spacial score (nSPS) is 14.2. The maximum absolute atomic E-state index is 12.8. The summed E-state index contributed by atoms with van der Waals surface area (Å²) < 4.78 is 10.9. The Morgan fingerprint density at radius 2 is 1.87 bits per heavy atom. The summed E-state index contributed by atoms with van der Waals surface area (Å²) in [7, 11) is 5.09. The Morgan fingerprint density at radius 3 is 2.58 bits per heavy atom. The van der Waals surface area contributed by atoms with E-state index in [-0.39, 0.29) is 5.56 Å². The van der Waals surface area contributed by atoms with E-state index in [4.69, 9.17) is 9.47 Å². The zero-order valence-electron chi connectivity index (χ0n) is 18.7. The second-order valence-electron chi connectivity index (χ2n) is 8.18. The topological polar surface area (TPSA) is 70.7 Å². The lowest BCUT2D eigenvalue weighted by Crippen LogP contribution is -2.23. The zero-order valence-corrected chi connectivity index (χ0v) is 18.7. The van der Waals surface area contributed by atoms with Gasteiger partial charge in [-0.05, 0) is 44.0 Å². The van der Waals surface area contributed by atoms with Crippen LogP contribution in [0.2, 0.25) is 0 Å². The van der Waals surface area contributed by atoms with E-state index >= 15 is 0 Å². The van der Waals surface area contributed by atoms with Gasteiger partial charge in [-0.2, -0.15) is 4.98 Å². The highest BCUT2D eigenvalue weighted by Crippen LogP contribution is 2.35. The van der Waals surface area contributed by atoms with Gasteiger partial charge in [-0.25, -0.2) is 0 Å². The number of benzene rings is 2. The standard InChI is InChI=1S/C24H30N4O3/c1-16-21-19(13-20(30-3)22(16)31-4)25-24(26-23(21)29)27(2)14-17-8-7-9-18(12-17)15-28-10-5-6-11-28/h7-9,12-13H,5-6,10-11,14-15H2,1-4H3,(H,25,26,29). The van der Waals surface area contributed by atoms with Gasteiger partial charge in [0.25, 0.3) is 5.56 Å². The highest BCUT2D eigenvalue weighted by atomic mass is 16.5. The van der Waals surface area contributed by atoms with Crippen molar-refractivity contribution in [2.24, 2.45) is 0 Å².